The molecule has 3 nitrogen and oxygen atoms in total. The van der Waals surface area contributed by atoms with Crippen molar-refractivity contribution in [1.82, 2.24) is 10.6 Å². The largest absolute Gasteiger partial charge is 0.355 e. The summed E-state index contributed by atoms with van der Waals surface area (Å²) in [5.74, 6) is 1.38. The highest BCUT2D eigenvalue weighted by molar-refractivity contribution is 7.10. The van der Waals surface area contributed by atoms with Crippen molar-refractivity contribution in [1.29, 1.82) is 0 Å². The zero-order chi connectivity index (χ0) is 16.8. The number of piperidine rings is 1. The summed E-state index contributed by atoms with van der Waals surface area (Å²) in [6.07, 6.45) is 9.54. The molecule has 1 saturated carbocycles. The van der Waals surface area contributed by atoms with Crippen LogP contribution >= 0.6 is 23.7 Å². The Hall–Kier alpha value is -0.580. The van der Waals surface area contributed by atoms with Gasteiger partial charge in [-0.05, 0) is 62.1 Å². The molecule has 2 heterocycles. The maximum atomic E-state index is 12.5. The van der Waals surface area contributed by atoms with Crippen LogP contribution in [0.3, 0.4) is 0 Å². The number of hydrogen-bond donors (Lipinski definition) is 2. The number of halogens is 1. The third-order valence-electron chi connectivity index (χ3n) is 6.13. The molecule has 1 aliphatic carbocycles. The third-order valence-corrected chi connectivity index (χ3v) is 7.24. The fraction of sp³-hybridized carbons (Fsp3) is 0.750. The second-order valence-corrected chi connectivity index (χ2v) is 8.83. The molecule has 0 aromatic carbocycles. The van der Waals surface area contributed by atoms with Gasteiger partial charge in [-0.3, -0.25) is 4.79 Å². The summed E-state index contributed by atoms with van der Waals surface area (Å²) in [7, 11) is 0. The van der Waals surface area contributed by atoms with Crippen molar-refractivity contribution in [2.24, 2.45) is 11.8 Å². The van der Waals surface area contributed by atoms with Crippen molar-refractivity contribution in [3.8, 4) is 0 Å². The van der Waals surface area contributed by atoms with Crippen LogP contribution in [-0.4, -0.2) is 25.5 Å². The first kappa shape index (κ1) is 20.7. The van der Waals surface area contributed by atoms with E-state index in [9.17, 15) is 4.79 Å². The zero-order valence-corrected chi connectivity index (χ0v) is 17.0. The van der Waals surface area contributed by atoms with Crippen molar-refractivity contribution < 1.29 is 4.79 Å². The fourth-order valence-electron chi connectivity index (χ4n) is 4.48. The monoisotopic (exact) mass is 384 g/mol. The smallest absolute Gasteiger partial charge is 0.220 e. The van der Waals surface area contributed by atoms with Gasteiger partial charge in [0.15, 0.2) is 0 Å². The minimum Gasteiger partial charge on any atom is -0.355 e. The van der Waals surface area contributed by atoms with Crippen LogP contribution in [0.4, 0.5) is 0 Å². The molecule has 2 N–H and O–H groups in total. The average molecular weight is 385 g/mol. The van der Waals surface area contributed by atoms with Crippen LogP contribution in [0.15, 0.2) is 17.5 Å². The molecule has 1 aliphatic heterocycles. The summed E-state index contributed by atoms with van der Waals surface area (Å²) in [5, 5.41) is 8.94. The summed E-state index contributed by atoms with van der Waals surface area (Å²) < 4.78 is 0. The van der Waals surface area contributed by atoms with Gasteiger partial charge in [-0.25, -0.2) is 0 Å². The molecule has 1 aromatic rings. The van der Waals surface area contributed by atoms with E-state index in [4.69, 9.17) is 0 Å². The Morgan fingerprint density at radius 2 is 2.16 bits per heavy atom. The maximum absolute atomic E-state index is 12.5. The lowest BCUT2D eigenvalue weighted by Gasteiger charge is -2.37. The number of nitrogens with one attached hydrogen (secondary N) is 2. The molecule has 0 bridgehead atoms. The lowest BCUT2D eigenvalue weighted by Crippen LogP contribution is -2.42. The quantitative estimate of drug-likeness (QED) is 0.757. The van der Waals surface area contributed by atoms with Crippen molar-refractivity contribution in [3.63, 3.8) is 0 Å². The molecule has 3 rings (SSSR count). The van der Waals surface area contributed by atoms with E-state index in [0.29, 0.717) is 18.3 Å². The van der Waals surface area contributed by atoms with E-state index in [2.05, 4.69) is 35.1 Å². The highest BCUT2D eigenvalue weighted by Gasteiger charge is 2.35. The molecular formula is C20H33ClN2OS. The Balaban J connectivity index is 0.00000225. The van der Waals surface area contributed by atoms with E-state index in [1.165, 1.54) is 49.8 Å². The molecular weight excluding hydrogens is 352 g/mol. The van der Waals surface area contributed by atoms with Crippen molar-refractivity contribution >= 4 is 29.7 Å². The molecule has 1 aromatic heterocycles. The topological polar surface area (TPSA) is 41.1 Å². The first-order chi connectivity index (χ1) is 11.7. The summed E-state index contributed by atoms with van der Waals surface area (Å²) in [6, 6.07) is 4.41. The Morgan fingerprint density at radius 1 is 1.36 bits per heavy atom. The predicted molar refractivity (Wildman–Crippen MR) is 109 cm³/mol. The molecule has 1 saturated heterocycles. The van der Waals surface area contributed by atoms with Crippen LogP contribution < -0.4 is 10.6 Å². The van der Waals surface area contributed by atoms with Gasteiger partial charge >= 0.3 is 0 Å². The van der Waals surface area contributed by atoms with Crippen molar-refractivity contribution in [2.75, 3.05) is 19.6 Å². The van der Waals surface area contributed by atoms with Crippen LogP contribution in [0.1, 0.15) is 63.2 Å². The number of rotatable bonds is 6. The second kappa shape index (κ2) is 9.94. The first-order valence-electron chi connectivity index (χ1n) is 9.71. The molecule has 2 aliphatic rings. The van der Waals surface area contributed by atoms with Crippen LogP contribution in [0.25, 0.3) is 0 Å². The highest BCUT2D eigenvalue weighted by Crippen LogP contribution is 2.41. The van der Waals surface area contributed by atoms with Gasteiger partial charge < -0.3 is 10.6 Å². The minimum atomic E-state index is 0. The van der Waals surface area contributed by atoms with E-state index in [-0.39, 0.29) is 23.7 Å². The minimum absolute atomic E-state index is 0. The zero-order valence-electron chi connectivity index (χ0n) is 15.4. The lowest BCUT2D eigenvalue weighted by molar-refractivity contribution is -0.122. The van der Waals surface area contributed by atoms with E-state index >= 15 is 0 Å². The second-order valence-electron chi connectivity index (χ2n) is 7.88. The van der Waals surface area contributed by atoms with Gasteiger partial charge in [0.2, 0.25) is 5.91 Å². The third kappa shape index (κ3) is 5.45. The first-order valence-corrected chi connectivity index (χ1v) is 10.6. The molecule has 1 amide bonds. The Kier molecular flexibility index (Phi) is 8.24. The Morgan fingerprint density at radius 3 is 2.80 bits per heavy atom. The number of thiophene rings is 1. The number of hydrogen-bond acceptors (Lipinski definition) is 3. The SMILES string of the molecule is CC(CC(=O)NCC1(c2cccs2)CCCCC1)C1CCCNC1.Cl. The van der Waals surface area contributed by atoms with Crippen LogP contribution in [0.2, 0.25) is 0 Å². The summed E-state index contributed by atoms with van der Waals surface area (Å²) in [4.78, 5) is 14.0. The van der Waals surface area contributed by atoms with Gasteiger partial charge in [-0.15, -0.1) is 23.7 Å². The predicted octanol–water partition coefficient (Wildman–Crippen LogP) is 4.51. The maximum Gasteiger partial charge on any atom is 0.220 e. The van der Waals surface area contributed by atoms with E-state index < -0.39 is 0 Å². The number of amides is 1. The molecule has 2 atom stereocenters. The van der Waals surface area contributed by atoms with E-state index in [1.807, 2.05) is 11.3 Å². The van der Waals surface area contributed by atoms with E-state index in [1.54, 1.807) is 0 Å². The Labute approximate surface area is 162 Å². The van der Waals surface area contributed by atoms with Crippen LogP contribution in [0.5, 0.6) is 0 Å². The number of carbonyl (C=O) groups excluding carboxylic acids is 1. The summed E-state index contributed by atoms with van der Waals surface area (Å²) >= 11 is 1.86. The average Bonchev–Trinajstić information content (AvgIpc) is 3.17. The fourth-order valence-corrected chi connectivity index (χ4v) is 5.47. The molecule has 0 spiro atoms. The van der Waals surface area contributed by atoms with Crippen molar-refractivity contribution in [3.05, 3.63) is 22.4 Å². The summed E-state index contributed by atoms with van der Waals surface area (Å²) in [5.41, 5.74) is 0.192. The van der Waals surface area contributed by atoms with Gasteiger partial charge in [0.1, 0.15) is 0 Å². The van der Waals surface area contributed by atoms with Gasteiger partial charge in [-0.2, -0.15) is 0 Å². The van der Waals surface area contributed by atoms with Crippen LogP contribution in [-0.2, 0) is 10.2 Å². The normalized spacial score (nSPS) is 24.1. The standard InChI is InChI=1S/C20H32N2OS.ClH/c1-16(17-7-5-11-21-14-17)13-19(23)22-15-20(9-3-2-4-10-20)18-8-6-12-24-18;/h6,8,12,16-17,21H,2-5,7,9-11,13-15H2,1H3,(H,22,23);1H. The highest BCUT2D eigenvalue weighted by atomic mass is 35.5. The summed E-state index contributed by atoms with van der Waals surface area (Å²) in [6.45, 7) is 5.28. The molecule has 142 valence electrons. The van der Waals surface area contributed by atoms with E-state index in [0.717, 1.165) is 19.6 Å². The molecule has 2 fully saturated rings. The number of carbonyl (C=O) groups is 1. The molecule has 2 unspecified atom stereocenters. The van der Waals surface area contributed by atoms with Crippen molar-refractivity contribution in [2.45, 2.75) is 63.7 Å². The molecule has 25 heavy (non-hydrogen) atoms. The van der Waals surface area contributed by atoms with Gasteiger partial charge in [0, 0.05) is 23.3 Å². The van der Waals surface area contributed by atoms with Gasteiger partial charge in [0.05, 0.1) is 0 Å². The Bertz CT molecular complexity index is 508. The molecule has 5 heteroatoms. The lowest BCUT2D eigenvalue weighted by atomic mass is 9.73. The molecule has 0 radical (unpaired) electrons. The van der Waals surface area contributed by atoms with Gasteiger partial charge in [0.25, 0.3) is 0 Å². The van der Waals surface area contributed by atoms with Gasteiger partial charge in [-0.1, -0.05) is 32.3 Å². The van der Waals surface area contributed by atoms with Crippen LogP contribution in [0, 0.1) is 11.8 Å².